The first-order chi connectivity index (χ1) is 18.9. The summed E-state index contributed by atoms with van der Waals surface area (Å²) in [6.07, 6.45) is 8.12. The van der Waals surface area contributed by atoms with Crippen LogP contribution in [0.25, 0.3) is 0 Å². The fourth-order valence-electron chi connectivity index (χ4n) is 6.72. The molecule has 2 aliphatic heterocycles. The van der Waals surface area contributed by atoms with Gasteiger partial charge in [-0.3, -0.25) is 19.6 Å². The summed E-state index contributed by atoms with van der Waals surface area (Å²) < 4.78 is 47.3. The van der Waals surface area contributed by atoms with Gasteiger partial charge in [0.1, 0.15) is 6.10 Å². The Morgan fingerprint density at radius 2 is 1.64 bits per heavy atom. The van der Waals surface area contributed by atoms with Gasteiger partial charge < -0.3 is 24.6 Å². The molecular formula is C27H47N5O6S. The molecule has 5 aliphatic rings. The van der Waals surface area contributed by atoms with Gasteiger partial charge >= 0.3 is 0 Å². The second-order valence-corrected chi connectivity index (χ2v) is 13.7. The molecule has 0 aromatic heterocycles. The van der Waals surface area contributed by atoms with Gasteiger partial charge in [0.25, 0.3) is 0 Å². The zero-order valence-electron chi connectivity index (χ0n) is 23.3. The molecule has 3 N–H and O–H groups in total. The van der Waals surface area contributed by atoms with Crippen molar-refractivity contribution in [3.05, 3.63) is 0 Å². The number of nitrogens with zero attached hydrogens (tertiary/aromatic N) is 3. The van der Waals surface area contributed by atoms with Crippen LogP contribution in [0.5, 0.6) is 0 Å². The first-order valence-electron chi connectivity index (χ1n) is 15.0. The van der Waals surface area contributed by atoms with E-state index in [2.05, 4.69) is 14.9 Å². The Kier molecular flexibility index (Phi) is 10.2. The van der Waals surface area contributed by atoms with E-state index >= 15 is 0 Å². The number of hydrogen-bond acceptors (Lipinski definition) is 10. The molecule has 5 rings (SSSR count). The second-order valence-electron chi connectivity index (χ2n) is 11.7. The van der Waals surface area contributed by atoms with E-state index in [1.54, 1.807) is 7.11 Å². The molecule has 0 aromatic rings. The lowest BCUT2D eigenvalue weighted by Gasteiger charge is -2.41. The zero-order valence-corrected chi connectivity index (χ0v) is 24.1. The Labute approximate surface area is 233 Å². The van der Waals surface area contributed by atoms with E-state index in [-0.39, 0.29) is 30.3 Å². The topological polar surface area (TPSA) is 134 Å². The van der Waals surface area contributed by atoms with Crippen molar-refractivity contribution in [1.82, 2.24) is 14.9 Å². The van der Waals surface area contributed by atoms with Crippen LogP contribution in [-0.4, -0.2) is 118 Å². The minimum absolute atomic E-state index is 0.00223. The van der Waals surface area contributed by atoms with E-state index in [0.717, 1.165) is 77.8 Å². The quantitative estimate of drug-likeness (QED) is 0.397. The maximum absolute atomic E-state index is 13.4. The highest BCUT2D eigenvalue weighted by atomic mass is 32.2. The first-order valence-corrected chi connectivity index (χ1v) is 16.5. The highest BCUT2D eigenvalue weighted by Gasteiger charge is 2.41. The number of sulfonamides is 1. The summed E-state index contributed by atoms with van der Waals surface area (Å²) in [5.74, 6) is 0.776. The standard InChI is InChI=1S/C27H47N5O6S/c1-36-24-18-19(33)17-23(25(24)38-16-13-32-11-14-37-15-12-32)30-26-27(29-22-10-6-5-9-21(22)28-26)31-39(34,35)20-7-3-2-4-8-20/h19-25,33H,2-18H2,1H3,(H,28,30)(H,29,31). The van der Waals surface area contributed by atoms with Crippen molar-refractivity contribution in [3.63, 3.8) is 0 Å². The van der Waals surface area contributed by atoms with E-state index in [9.17, 15) is 13.5 Å². The number of hydrogen-bond donors (Lipinski definition) is 3. The van der Waals surface area contributed by atoms with Crippen LogP contribution in [0.2, 0.25) is 0 Å². The van der Waals surface area contributed by atoms with E-state index in [4.69, 9.17) is 24.2 Å². The normalized spacial score (nSPS) is 35.0. The molecule has 39 heavy (non-hydrogen) atoms. The highest BCUT2D eigenvalue weighted by molar-refractivity contribution is 7.90. The number of aliphatic hydroxyl groups excluding tert-OH is 1. The maximum atomic E-state index is 13.4. The number of amidine groups is 2. The molecule has 222 valence electrons. The Bertz CT molecular complexity index is 966. The molecule has 0 radical (unpaired) electrons. The minimum atomic E-state index is -3.58. The Hall–Kier alpha value is -1.31. The largest absolute Gasteiger partial charge is 0.393 e. The van der Waals surface area contributed by atoms with E-state index in [0.29, 0.717) is 44.0 Å². The summed E-state index contributed by atoms with van der Waals surface area (Å²) in [6.45, 7) is 4.59. The number of fused-ring (bicyclic) bond motifs is 1. The number of ether oxygens (including phenoxy) is 3. The Morgan fingerprint density at radius 3 is 2.33 bits per heavy atom. The van der Waals surface area contributed by atoms with Gasteiger partial charge in [-0.2, -0.15) is 0 Å². The average molecular weight is 570 g/mol. The Morgan fingerprint density at radius 1 is 0.974 bits per heavy atom. The van der Waals surface area contributed by atoms with Gasteiger partial charge in [-0.05, 0) is 32.1 Å². The highest BCUT2D eigenvalue weighted by Crippen LogP contribution is 2.29. The molecular weight excluding hydrogens is 522 g/mol. The van der Waals surface area contributed by atoms with Gasteiger partial charge in [0.05, 0.1) is 55.4 Å². The number of morpholine rings is 1. The number of rotatable bonds is 8. The Balaban J connectivity index is 1.32. The van der Waals surface area contributed by atoms with Crippen LogP contribution in [0, 0.1) is 0 Å². The lowest BCUT2D eigenvalue weighted by molar-refractivity contribution is -0.117. The third kappa shape index (κ3) is 7.51. The molecule has 11 nitrogen and oxygen atoms in total. The smallest absolute Gasteiger partial charge is 0.236 e. The third-order valence-electron chi connectivity index (χ3n) is 8.98. The second kappa shape index (κ2) is 13.6. The summed E-state index contributed by atoms with van der Waals surface area (Å²) in [6, 6.07) is -0.263. The SMILES string of the molecule is COC1CC(O)CC(NC2=NC3CCCCC3N=C2NS(=O)(=O)C2CCCCC2)C1OCCN1CCOCC1. The summed E-state index contributed by atoms with van der Waals surface area (Å²) in [5, 5.41) is 13.8. The summed E-state index contributed by atoms with van der Waals surface area (Å²) in [4.78, 5) is 12.3. The van der Waals surface area contributed by atoms with Gasteiger partial charge in [0.2, 0.25) is 10.0 Å². The molecule has 0 amide bonds. The van der Waals surface area contributed by atoms with Crippen molar-refractivity contribution in [1.29, 1.82) is 0 Å². The zero-order chi connectivity index (χ0) is 27.2. The first kappa shape index (κ1) is 29.2. The molecule has 2 heterocycles. The van der Waals surface area contributed by atoms with E-state index < -0.39 is 21.4 Å². The number of aliphatic hydroxyl groups is 1. The molecule has 0 bridgehead atoms. The number of methoxy groups -OCH3 is 1. The van der Waals surface area contributed by atoms with Crippen molar-refractivity contribution in [2.75, 3.05) is 46.6 Å². The van der Waals surface area contributed by atoms with Gasteiger partial charge in [-0.25, -0.2) is 8.42 Å². The summed E-state index contributed by atoms with van der Waals surface area (Å²) >= 11 is 0. The molecule has 6 atom stereocenters. The molecule has 3 aliphatic carbocycles. The molecule has 3 saturated carbocycles. The monoisotopic (exact) mass is 569 g/mol. The number of aliphatic imine (C=N–C) groups is 2. The molecule has 0 spiro atoms. The van der Waals surface area contributed by atoms with Crippen molar-refractivity contribution >= 4 is 21.7 Å². The van der Waals surface area contributed by atoms with E-state index in [1.807, 2.05) is 0 Å². The molecule has 1 saturated heterocycles. The predicted molar refractivity (Wildman–Crippen MR) is 150 cm³/mol. The fraction of sp³-hybridized carbons (Fsp3) is 0.926. The summed E-state index contributed by atoms with van der Waals surface area (Å²) in [7, 11) is -1.94. The van der Waals surface area contributed by atoms with Crippen LogP contribution in [0.15, 0.2) is 9.98 Å². The molecule has 12 heteroatoms. The van der Waals surface area contributed by atoms with Crippen LogP contribution >= 0.6 is 0 Å². The minimum Gasteiger partial charge on any atom is -0.393 e. The fourth-order valence-corrected chi connectivity index (χ4v) is 8.26. The lowest BCUT2D eigenvalue weighted by atomic mass is 9.87. The molecule has 6 unspecified atom stereocenters. The molecule has 0 aromatic carbocycles. The van der Waals surface area contributed by atoms with Gasteiger partial charge in [0, 0.05) is 33.2 Å². The van der Waals surface area contributed by atoms with Crippen molar-refractivity contribution in [2.45, 2.75) is 112 Å². The van der Waals surface area contributed by atoms with Crippen LogP contribution in [0.4, 0.5) is 0 Å². The van der Waals surface area contributed by atoms with Gasteiger partial charge in [-0.1, -0.05) is 32.1 Å². The average Bonchev–Trinajstić information content (AvgIpc) is 2.95. The van der Waals surface area contributed by atoms with Crippen LogP contribution in [0.1, 0.15) is 70.6 Å². The van der Waals surface area contributed by atoms with Gasteiger partial charge in [-0.15, -0.1) is 0 Å². The van der Waals surface area contributed by atoms with E-state index in [1.165, 1.54) is 0 Å². The van der Waals surface area contributed by atoms with Crippen molar-refractivity contribution in [3.8, 4) is 0 Å². The van der Waals surface area contributed by atoms with Crippen LogP contribution in [-0.2, 0) is 24.2 Å². The van der Waals surface area contributed by atoms with Crippen molar-refractivity contribution in [2.24, 2.45) is 9.98 Å². The van der Waals surface area contributed by atoms with Crippen molar-refractivity contribution < 1.29 is 27.7 Å². The predicted octanol–water partition coefficient (Wildman–Crippen LogP) is 1.21. The van der Waals surface area contributed by atoms with Gasteiger partial charge in [0.15, 0.2) is 11.7 Å². The lowest BCUT2D eigenvalue weighted by Crippen LogP contribution is -2.60. The maximum Gasteiger partial charge on any atom is 0.236 e. The summed E-state index contributed by atoms with van der Waals surface area (Å²) in [5.41, 5.74) is 0. The van der Waals surface area contributed by atoms with Crippen LogP contribution in [0.3, 0.4) is 0 Å². The molecule has 4 fully saturated rings. The van der Waals surface area contributed by atoms with Crippen LogP contribution < -0.4 is 10.0 Å². The third-order valence-corrected chi connectivity index (χ3v) is 10.8. The number of nitrogens with one attached hydrogen (secondary N) is 2.